The third-order valence-electron chi connectivity index (χ3n) is 3.53. The van der Waals surface area contributed by atoms with Crippen LogP contribution >= 0.6 is 0 Å². The Labute approximate surface area is 129 Å². The van der Waals surface area contributed by atoms with Crippen LogP contribution < -0.4 is 5.56 Å². The van der Waals surface area contributed by atoms with Crippen LogP contribution in [0, 0.1) is 6.92 Å². The number of hydrogen-bond acceptors (Lipinski definition) is 3. The van der Waals surface area contributed by atoms with Crippen molar-refractivity contribution in [2.45, 2.75) is 13.3 Å². The topological polar surface area (TPSA) is 73.4 Å². The Morgan fingerprint density at radius 3 is 2.59 bits per heavy atom. The summed E-state index contributed by atoms with van der Waals surface area (Å²) in [6, 6.07) is 11.3. The maximum Gasteiger partial charge on any atom is 0.255 e. The number of amides is 1. The molecule has 116 valence electrons. The molecule has 2 aromatic rings. The molecule has 0 spiro atoms. The molecule has 0 unspecified atom stereocenters. The number of aromatic nitrogens is 1. The Hall–Kier alpha value is -2.40. The molecule has 0 atom stereocenters. The van der Waals surface area contributed by atoms with Crippen molar-refractivity contribution in [3.8, 4) is 0 Å². The van der Waals surface area contributed by atoms with E-state index in [1.54, 1.807) is 11.8 Å². The number of H-pyrrole nitrogens is 1. The molecular formula is C17H20N2O3. The molecule has 1 aromatic carbocycles. The van der Waals surface area contributed by atoms with Gasteiger partial charge in [0.1, 0.15) is 0 Å². The zero-order chi connectivity index (χ0) is 15.9. The van der Waals surface area contributed by atoms with Gasteiger partial charge in [-0.3, -0.25) is 9.59 Å². The van der Waals surface area contributed by atoms with Gasteiger partial charge in [0, 0.05) is 25.4 Å². The molecule has 0 aliphatic carbocycles. The van der Waals surface area contributed by atoms with Crippen molar-refractivity contribution in [3.63, 3.8) is 0 Å². The van der Waals surface area contributed by atoms with E-state index in [-0.39, 0.29) is 24.6 Å². The van der Waals surface area contributed by atoms with Crippen molar-refractivity contribution in [1.29, 1.82) is 0 Å². The zero-order valence-corrected chi connectivity index (χ0v) is 12.6. The Morgan fingerprint density at radius 1 is 1.23 bits per heavy atom. The lowest BCUT2D eigenvalue weighted by Crippen LogP contribution is -2.36. The van der Waals surface area contributed by atoms with Gasteiger partial charge in [-0.15, -0.1) is 0 Å². The fourth-order valence-corrected chi connectivity index (χ4v) is 2.32. The Morgan fingerprint density at radius 2 is 1.95 bits per heavy atom. The number of aliphatic hydroxyl groups excluding tert-OH is 1. The lowest BCUT2D eigenvalue weighted by atomic mass is 10.1. The van der Waals surface area contributed by atoms with E-state index < -0.39 is 0 Å². The van der Waals surface area contributed by atoms with E-state index in [1.807, 2.05) is 30.3 Å². The molecule has 5 heteroatoms. The molecule has 5 nitrogen and oxygen atoms in total. The molecule has 1 heterocycles. The maximum atomic E-state index is 12.6. The van der Waals surface area contributed by atoms with E-state index in [9.17, 15) is 14.7 Å². The summed E-state index contributed by atoms with van der Waals surface area (Å²) in [5, 5.41) is 9.19. The van der Waals surface area contributed by atoms with Crippen LogP contribution in [0.1, 0.15) is 21.5 Å². The number of pyridine rings is 1. The number of carbonyl (C=O) groups is 1. The average Bonchev–Trinajstić information content (AvgIpc) is 2.52. The fraction of sp³-hybridized carbons (Fsp3) is 0.294. The van der Waals surface area contributed by atoms with E-state index >= 15 is 0 Å². The van der Waals surface area contributed by atoms with Crippen molar-refractivity contribution in [2.24, 2.45) is 0 Å². The predicted octanol–water partition coefficient (Wildman–Crippen LogP) is 1.36. The first-order valence-corrected chi connectivity index (χ1v) is 7.25. The van der Waals surface area contributed by atoms with Gasteiger partial charge >= 0.3 is 0 Å². The van der Waals surface area contributed by atoms with Gasteiger partial charge in [-0.2, -0.15) is 0 Å². The standard InChI is InChI=1S/C17H20N2O3/c1-13-11-16(21)18-12-15(13)17(22)19(9-10-20)8-7-14-5-3-2-4-6-14/h2-6,11-12,20H,7-10H2,1H3,(H,18,21). The molecule has 2 rings (SSSR count). The number of aromatic amines is 1. The van der Waals surface area contributed by atoms with Crippen LogP contribution in [0.15, 0.2) is 47.4 Å². The van der Waals surface area contributed by atoms with Gasteiger partial charge < -0.3 is 15.0 Å². The van der Waals surface area contributed by atoms with Crippen molar-refractivity contribution < 1.29 is 9.90 Å². The molecule has 0 saturated carbocycles. The molecule has 0 bridgehead atoms. The fourth-order valence-electron chi connectivity index (χ4n) is 2.32. The number of nitrogens with zero attached hydrogens (tertiary/aromatic N) is 1. The molecule has 1 amide bonds. The maximum absolute atomic E-state index is 12.6. The number of rotatable bonds is 6. The van der Waals surface area contributed by atoms with Gasteiger partial charge in [-0.25, -0.2) is 0 Å². The van der Waals surface area contributed by atoms with Crippen LogP contribution in [-0.4, -0.2) is 40.6 Å². The van der Waals surface area contributed by atoms with Crippen molar-refractivity contribution >= 4 is 5.91 Å². The van der Waals surface area contributed by atoms with Crippen molar-refractivity contribution in [2.75, 3.05) is 19.7 Å². The summed E-state index contributed by atoms with van der Waals surface area (Å²) in [5.41, 5.74) is 2.00. The van der Waals surface area contributed by atoms with Crippen LogP contribution in [0.4, 0.5) is 0 Å². The summed E-state index contributed by atoms with van der Waals surface area (Å²) in [6.45, 7) is 2.42. The summed E-state index contributed by atoms with van der Waals surface area (Å²) in [4.78, 5) is 28.0. The van der Waals surface area contributed by atoms with E-state index in [0.717, 1.165) is 12.0 Å². The highest BCUT2D eigenvalue weighted by Crippen LogP contribution is 2.09. The third-order valence-corrected chi connectivity index (χ3v) is 3.53. The van der Waals surface area contributed by atoms with Gasteiger partial charge in [0.25, 0.3) is 5.91 Å². The zero-order valence-electron chi connectivity index (χ0n) is 12.6. The molecule has 0 aliphatic rings. The van der Waals surface area contributed by atoms with Crippen LogP contribution in [0.5, 0.6) is 0 Å². The average molecular weight is 300 g/mol. The van der Waals surface area contributed by atoms with Crippen molar-refractivity contribution in [3.05, 3.63) is 69.6 Å². The minimum absolute atomic E-state index is 0.0943. The highest BCUT2D eigenvalue weighted by Gasteiger charge is 2.17. The minimum Gasteiger partial charge on any atom is -0.395 e. The second-order valence-electron chi connectivity index (χ2n) is 5.15. The number of carbonyl (C=O) groups excluding carboxylic acids is 1. The lowest BCUT2D eigenvalue weighted by molar-refractivity contribution is 0.0723. The van der Waals surface area contributed by atoms with Gasteiger partial charge in [0.2, 0.25) is 5.56 Å². The second kappa shape index (κ2) is 7.56. The van der Waals surface area contributed by atoms with Gasteiger partial charge in [-0.1, -0.05) is 30.3 Å². The number of hydrogen-bond donors (Lipinski definition) is 2. The van der Waals surface area contributed by atoms with E-state index in [2.05, 4.69) is 4.98 Å². The molecule has 0 radical (unpaired) electrons. The predicted molar refractivity (Wildman–Crippen MR) is 84.9 cm³/mol. The SMILES string of the molecule is Cc1cc(=O)[nH]cc1C(=O)N(CCO)CCc1ccccc1. The monoisotopic (exact) mass is 300 g/mol. The number of nitrogens with one attached hydrogen (secondary N) is 1. The number of aliphatic hydroxyl groups is 1. The lowest BCUT2D eigenvalue weighted by Gasteiger charge is -2.22. The van der Waals surface area contributed by atoms with E-state index in [4.69, 9.17) is 0 Å². The van der Waals surface area contributed by atoms with Crippen LogP contribution in [0.3, 0.4) is 0 Å². The second-order valence-corrected chi connectivity index (χ2v) is 5.15. The first-order valence-electron chi connectivity index (χ1n) is 7.25. The molecule has 0 fully saturated rings. The smallest absolute Gasteiger partial charge is 0.255 e. The van der Waals surface area contributed by atoms with Crippen molar-refractivity contribution in [1.82, 2.24) is 9.88 Å². The molecule has 2 N–H and O–H groups in total. The Kier molecular flexibility index (Phi) is 5.49. The van der Waals surface area contributed by atoms with Gasteiger partial charge in [0.15, 0.2) is 0 Å². The first kappa shape index (κ1) is 16.0. The van der Waals surface area contributed by atoms with E-state index in [0.29, 0.717) is 17.7 Å². The van der Waals surface area contributed by atoms with E-state index in [1.165, 1.54) is 12.3 Å². The molecule has 0 aliphatic heterocycles. The Bertz CT molecular complexity index is 680. The molecule has 1 aromatic heterocycles. The quantitative estimate of drug-likeness (QED) is 0.846. The van der Waals surface area contributed by atoms with Crippen LogP contribution in [0.2, 0.25) is 0 Å². The van der Waals surface area contributed by atoms with Crippen LogP contribution in [-0.2, 0) is 6.42 Å². The minimum atomic E-state index is -0.230. The summed E-state index contributed by atoms with van der Waals surface area (Å²) >= 11 is 0. The summed E-state index contributed by atoms with van der Waals surface area (Å²) in [6.07, 6.45) is 2.15. The summed E-state index contributed by atoms with van der Waals surface area (Å²) < 4.78 is 0. The van der Waals surface area contributed by atoms with Gasteiger partial charge in [-0.05, 0) is 24.5 Å². The Balaban J connectivity index is 2.12. The summed E-state index contributed by atoms with van der Waals surface area (Å²) in [7, 11) is 0. The normalized spacial score (nSPS) is 10.5. The summed E-state index contributed by atoms with van der Waals surface area (Å²) in [5.74, 6) is -0.182. The molecule has 22 heavy (non-hydrogen) atoms. The van der Waals surface area contributed by atoms with Crippen LogP contribution in [0.25, 0.3) is 0 Å². The molecular weight excluding hydrogens is 280 g/mol. The highest BCUT2D eigenvalue weighted by molar-refractivity contribution is 5.95. The largest absolute Gasteiger partial charge is 0.395 e. The third kappa shape index (κ3) is 4.05. The van der Waals surface area contributed by atoms with Gasteiger partial charge in [0.05, 0.1) is 12.2 Å². The number of benzene rings is 1. The first-order chi connectivity index (χ1) is 10.6. The highest BCUT2D eigenvalue weighted by atomic mass is 16.3. The molecule has 0 saturated heterocycles. The number of aryl methyl sites for hydroxylation is 1.